The number of aromatic nitrogens is 4. The van der Waals surface area contributed by atoms with Gasteiger partial charge in [-0.2, -0.15) is 27.1 Å². The van der Waals surface area contributed by atoms with Gasteiger partial charge in [-0.1, -0.05) is 24.3 Å². The highest BCUT2D eigenvalue weighted by Gasteiger charge is 2.41. The van der Waals surface area contributed by atoms with E-state index in [9.17, 15) is 27.6 Å². The van der Waals surface area contributed by atoms with Gasteiger partial charge in [0.2, 0.25) is 5.91 Å². The van der Waals surface area contributed by atoms with Gasteiger partial charge in [-0.3, -0.25) is 34.4 Å². The number of nitrogens with one attached hydrogen (secondary N) is 2. The van der Waals surface area contributed by atoms with Crippen LogP contribution in [0.15, 0.2) is 73.2 Å². The average Bonchev–Trinajstić information content (AvgIpc) is 3.60. The highest BCUT2D eigenvalue weighted by molar-refractivity contribution is 6.10. The van der Waals surface area contributed by atoms with Gasteiger partial charge >= 0.3 is 12.2 Å². The molecule has 3 aliphatic rings. The smallest absolute Gasteiger partial charge is 0.433 e. The van der Waals surface area contributed by atoms with Gasteiger partial charge in [0.15, 0.2) is 0 Å². The number of pyridine rings is 2. The Kier molecular flexibility index (Phi) is 9.87. The first-order chi connectivity index (χ1) is 27.3. The molecule has 0 radical (unpaired) electrons. The normalized spacial score (nSPS) is 20.4. The van der Waals surface area contributed by atoms with Crippen molar-refractivity contribution in [3.05, 3.63) is 90.1 Å². The molecule has 2 aliphatic heterocycles. The molecule has 5 heterocycles. The van der Waals surface area contributed by atoms with Crippen molar-refractivity contribution in [3.8, 4) is 5.75 Å². The predicted octanol–water partition coefficient (Wildman–Crippen LogP) is 7.47. The summed E-state index contributed by atoms with van der Waals surface area (Å²) in [5.41, 5.74) is 0.134. The van der Waals surface area contributed by atoms with Crippen LogP contribution < -0.4 is 20.3 Å². The summed E-state index contributed by atoms with van der Waals surface area (Å²) in [5.74, 6) is -3.78. The Balaban J connectivity index is 0.899. The molecule has 0 bridgehead atoms. The lowest BCUT2D eigenvalue weighted by Gasteiger charge is -2.37. The van der Waals surface area contributed by atoms with E-state index in [0.29, 0.717) is 46.0 Å². The van der Waals surface area contributed by atoms with Crippen LogP contribution >= 0.6 is 0 Å². The Bertz CT molecular complexity index is 2420. The molecule has 0 spiro atoms. The number of imide groups is 1. The second-order valence-corrected chi connectivity index (χ2v) is 14.6. The summed E-state index contributed by atoms with van der Waals surface area (Å²) in [6, 6.07) is 10.9. The number of amides is 4. The zero-order valence-corrected chi connectivity index (χ0v) is 30.7. The largest absolute Gasteiger partial charge is 0.494 e. The van der Waals surface area contributed by atoms with Crippen LogP contribution in [0.2, 0.25) is 0 Å². The van der Waals surface area contributed by atoms with Crippen molar-refractivity contribution >= 4 is 56.5 Å². The van der Waals surface area contributed by atoms with Crippen molar-refractivity contribution in [1.29, 1.82) is 0 Å². The molecule has 1 saturated heterocycles. The summed E-state index contributed by atoms with van der Waals surface area (Å²) < 4.78 is 78.4. The third-order valence-corrected chi connectivity index (χ3v) is 10.8. The number of alkyl halides is 5. The van der Waals surface area contributed by atoms with Gasteiger partial charge in [-0.25, -0.2) is 9.78 Å². The van der Waals surface area contributed by atoms with Crippen molar-refractivity contribution in [3.63, 3.8) is 0 Å². The topological polar surface area (TPSA) is 135 Å². The fourth-order valence-corrected chi connectivity index (χ4v) is 7.99. The molecule has 2 fully saturated rings. The van der Waals surface area contributed by atoms with Crippen LogP contribution in [-0.4, -0.2) is 81.7 Å². The monoisotopic (exact) mass is 788 g/mol. The van der Waals surface area contributed by atoms with Gasteiger partial charge in [-0.15, -0.1) is 0 Å². The minimum atomic E-state index is -4.70. The number of carbonyl (C=O) groups excluding carboxylic acids is 3. The molecule has 2 N–H and O–H groups in total. The van der Waals surface area contributed by atoms with Gasteiger partial charge in [0.25, 0.3) is 11.8 Å². The van der Waals surface area contributed by atoms with Crippen molar-refractivity contribution < 1.29 is 41.1 Å². The molecule has 57 heavy (non-hydrogen) atoms. The molecule has 0 unspecified atom stereocenters. The summed E-state index contributed by atoms with van der Waals surface area (Å²) in [7, 11) is 1.41. The number of rotatable bonds is 8. The minimum absolute atomic E-state index is 0.0477. The first-order valence-electron chi connectivity index (χ1n) is 18.5. The summed E-state index contributed by atoms with van der Waals surface area (Å²) >= 11 is 0. The van der Waals surface area contributed by atoms with Gasteiger partial charge in [0.1, 0.15) is 17.1 Å². The number of nitrogens with zero attached hydrogens (tertiary/aromatic N) is 6. The Hall–Kier alpha value is -5.97. The number of halogens is 5. The van der Waals surface area contributed by atoms with E-state index in [1.165, 1.54) is 24.3 Å². The maximum Gasteiger partial charge on any atom is 0.433 e. The molecule has 1 saturated carbocycles. The van der Waals surface area contributed by atoms with Crippen LogP contribution in [0.1, 0.15) is 59.9 Å². The quantitative estimate of drug-likeness (QED) is 0.155. The van der Waals surface area contributed by atoms with E-state index in [2.05, 4.69) is 20.6 Å². The van der Waals surface area contributed by atoms with Crippen molar-refractivity contribution in [2.45, 2.75) is 50.2 Å². The molecule has 3 aromatic heterocycles. The summed E-state index contributed by atoms with van der Waals surface area (Å²) in [5, 5.41) is 11.6. The zero-order valence-electron chi connectivity index (χ0n) is 30.7. The predicted molar refractivity (Wildman–Crippen MR) is 201 cm³/mol. The van der Waals surface area contributed by atoms with Gasteiger partial charge in [0, 0.05) is 66.2 Å². The SMILES string of the molecule is COc1cc2nn([C@H]3CC[C@H](CN4CC=C(c5ccc6c(N7CCC(=O)NC7=O)cncc6c5)C(F)(F)C4)CC3)cc2cc1NC(=O)c1cccc(C(F)(F)F)n1. The van der Waals surface area contributed by atoms with Crippen LogP contribution in [0.5, 0.6) is 5.75 Å². The second-order valence-electron chi connectivity index (χ2n) is 14.6. The zero-order chi connectivity index (χ0) is 40.1. The summed E-state index contributed by atoms with van der Waals surface area (Å²) in [4.78, 5) is 47.9. The van der Waals surface area contributed by atoms with Crippen molar-refractivity contribution in [1.82, 2.24) is 30.0 Å². The van der Waals surface area contributed by atoms with Crippen molar-refractivity contribution in [2.75, 3.05) is 43.5 Å². The molecule has 8 rings (SSSR count). The Morgan fingerprint density at radius 2 is 1.84 bits per heavy atom. The molecule has 5 aromatic rings. The van der Waals surface area contributed by atoms with Crippen LogP contribution in [0, 0.1) is 5.92 Å². The lowest BCUT2D eigenvalue weighted by atomic mass is 9.85. The van der Waals surface area contributed by atoms with Crippen LogP contribution in [-0.2, 0) is 11.0 Å². The molecule has 17 heteroatoms. The van der Waals surface area contributed by atoms with Gasteiger partial charge < -0.3 is 10.1 Å². The minimum Gasteiger partial charge on any atom is -0.494 e. The highest BCUT2D eigenvalue weighted by Crippen LogP contribution is 2.40. The van der Waals surface area contributed by atoms with Crippen LogP contribution in [0.3, 0.4) is 0 Å². The number of fused-ring (bicyclic) bond motifs is 2. The van der Waals surface area contributed by atoms with Crippen LogP contribution in [0.4, 0.5) is 38.1 Å². The molecule has 4 amide bonds. The molecule has 12 nitrogen and oxygen atoms in total. The fraction of sp³-hybridized carbons (Fsp3) is 0.350. The first-order valence-corrected chi connectivity index (χ1v) is 18.5. The number of benzene rings is 2. The van der Waals surface area contributed by atoms with E-state index in [4.69, 9.17) is 9.84 Å². The highest BCUT2D eigenvalue weighted by atomic mass is 19.4. The number of methoxy groups -OCH3 is 1. The molecule has 296 valence electrons. The Labute approximate surface area is 322 Å². The lowest BCUT2D eigenvalue weighted by Crippen LogP contribution is -2.49. The van der Waals surface area contributed by atoms with Crippen molar-refractivity contribution in [2.24, 2.45) is 5.92 Å². The summed E-state index contributed by atoms with van der Waals surface area (Å²) in [6.07, 6.45) is 5.21. The van der Waals surface area contributed by atoms with E-state index >= 15 is 8.78 Å². The standard InChI is InChI=1S/C40H37F5N8O4/c1-57-34-17-31-26(16-32(34)48-37(55)30-3-2-4-35(47-30)40(43,44)45)21-53(50-31)27-8-5-23(6-9-27)20-51-13-11-29(39(41,42)22-51)24-7-10-28-25(15-24)18-46-19-33(28)52-14-12-36(54)49-38(52)56/h2-4,7,10-11,15-19,21,23,27H,5-6,8-9,12-14,20,22H2,1H3,(H,48,55)(H,49,54,56)/t23-,27-. The number of ether oxygens (including phenoxy) is 1. The third kappa shape index (κ3) is 7.75. The molecule has 2 aromatic carbocycles. The number of hydrogen-bond acceptors (Lipinski definition) is 8. The van der Waals surface area contributed by atoms with E-state index < -0.39 is 42.0 Å². The van der Waals surface area contributed by atoms with E-state index in [1.807, 2.05) is 10.9 Å². The average molecular weight is 789 g/mol. The maximum atomic E-state index is 15.8. The van der Waals surface area contributed by atoms with E-state index in [0.717, 1.165) is 37.8 Å². The van der Waals surface area contributed by atoms with E-state index in [-0.39, 0.29) is 47.8 Å². The van der Waals surface area contributed by atoms with E-state index in [1.54, 1.807) is 47.5 Å². The summed E-state index contributed by atoms with van der Waals surface area (Å²) in [6.45, 7) is 0.689. The second kappa shape index (κ2) is 14.8. The lowest BCUT2D eigenvalue weighted by molar-refractivity contribution is -0.141. The number of urea groups is 1. The third-order valence-electron chi connectivity index (χ3n) is 10.8. The molecular formula is C40H37F5N8O4. The van der Waals surface area contributed by atoms with Crippen LogP contribution in [0.25, 0.3) is 27.2 Å². The number of anilines is 2. The molecule has 0 atom stereocenters. The van der Waals surface area contributed by atoms with Gasteiger partial charge in [-0.05, 0) is 61.4 Å². The van der Waals surface area contributed by atoms with Gasteiger partial charge in [0.05, 0.1) is 42.8 Å². The molecule has 1 aliphatic carbocycles. The maximum absolute atomic E-state index is 15.8. The Morgan fingerprint density at radius 3 is 2.58 bits per heavy atom. The first kappa shape index (κ1) is 37.9. The fourth-order valence-electron chi connectivity index (χ4n) is 7.99. The Morgan fingerprint density at radius 1 is 1.04 bits per heavy atom. The number of carbonyl (C=O) groups is 3. The number of hydrogen-bond donors (Lipinski definition) is 2. The molecular weight excluding hydrogens is 751 g/mol.